The van der Waals surface area contributed by atoms with Crippen LogP contribution in [0.4, 0.5) is 0 Å². The van der Waals surface area contributed by atoms with Crippen LogP contribution < -0.4 is 5.32 Å². The van der Waals surface area contributed by atoms with Gasteiger partial charge in [-0.05, 0) is 66.0 Å². The molecule has 1 aromatic rings. The predicted octanol–water partition coefficient (Wildman–Crippen LogP) is 3.83. The molecule has 6 rings (SSSR count). The second kappa shape index (κ2) is 14.3. The normalized spacial score (nSPS) is 32.8. The number of amides is 2. The minimum absolute atomic E-state index is 0.113. The van der Waals surface area contributed by atoms with E-state index in [1.54, 1.807) is 9.96 Å². The van der Waals surface area contributed by atoms with E-state index in [4.69, 9.17) is 19.0 Å². The minimum atomic E-state index is -1.31. The van der Waals surface area contributed by atoms with Crippen LogP contribution in [0, 0.1) is 8.99 Å². The van der Waals surface area contributed by atoms with Crippen molar-refractivity contribution >= 4 is 40.4 Å². The third kappa shape index (κ3) is 6.22. The van der Waals surface area contributed by atoms with Gasteiger partial charge in [-0.2, -0.15) is 5.06 Å². The van der Waals surface area contributed by atoms with Gasteiger partial charge in [-0.25, -0.2) is 0 Å². The summed E-state index contributed by atoms with van der Waals surface area (Å²) in [6.07, 6.45) is 6.37. The first-order valence-corrected chi connectivity index (χ1v) is 18.3. The highest BCUT2D eigenvalue weighted by Gasteiger charge is 2.77. The summed E-state index contributed by atoms with van der Waals surface area (Å²) in [5, 5.41) is 13.7. The maximum atomic E-state index is 15.0. The molecule has 12 heteroatoms. The molecule has 0 aromatic heterocycles. The molecule has 46 heavy (non-hydrogen) atoms. The number of aliphatic hydroxyl groups is 1. The molecule has 11 nitrogen and oxygen atoms in total. The standard InChI is InChI=1S/C34H48IN3O8/c1-3-5-7-14-33(15-8-6-4-2)44-26-25-20-34(32(42)37-17-10-13-24(37)30(40)36-16-18-39)28(31(41)43-25)38(46-29(34)27(26)45-33)21-22-11-9-12-23(35)19-22/h9,11-12,19,24-29,39H,3-8,10,13-18,20-21H2,1-2H3,(H,36,40)/t24-,25-,26+,27+,28+,29-,34+/m1/s1. The third-order valence-electron chi connectivity index (χ3n) is 10.4. The Balaban J connectivity index is 1.38. The molecular weight excluding hydrogens is 705 g/mol. The van der Waals surface area contributed by atoms with Gasteiger partial charge >= 0.3 is 5.97 Å². The van der Waals surface area contributed by atoms with Gasteiger partial charge in [0.15, 0.2) is 11.8 Å². The fourth-order valence-corrected chi connectivity index (χ4v) is 8.95. The summed E-state index contributed by atoms with van der Waals surface area (Å²) in [7, 11) is 0. The number of halogens is 1. The highest BCUT2D eigenvalue weighted by molar-refractivity contribution is 14.1. The molecule has 4 saturated heterocycles. The van der Waals surface area contributed by atoms with Crippen LogP contribution in [0.5, 0.6) is 0 Å². The van der Waals surface area contributed by atoms with E-state index in [0.29, 0.717) is 19.4 Å². The Labute approximate surface area is 285 Å². The van der Waals surface area contributed by atoms with Crippen LogP contribution >= 0.6 is 22.6 Å². The minimum Gasteiger partial charge on any atom is -0.458 e. The number of rotatable bonds is 14. The van der Waals surface area contributed by atoms with Crippen molar-refractivity contribution in [2.75, 3.05) is 19.7 Å². The van der Waals surface area contributed by atoms with Gasteiger partial charge in [0.05, 0.1) is 13.2 Å². The number of ether oxygens (including phenoxy) is 3. The number of carbonyl (C=O) groups excluding carboxylic acids is 3. The van der Waals surface area contributed by atoms with E-state index < -0.39 is 53.7 Å². The molecule has 0 radical (unpaired) electrons. The van der Waals surface area contributed by atoms with Crippen molar-refractivity contribution in [3.63, 3.8) is 0 Å². The molecule has 4 heterocycles. The average molecular weight is 754 g/mol. The van der Waals surface area contributed by atoms with Gasteiger partial charge in [0.25, 0.3) is 0 Å². The lowest BCUT2D eigenvalue weighted by Gasteiger charge is -2.50. The summed E-state index contributed by atoms with van der Waals surface area (Å²) in [6, 6.07) is 6.28. The Morgan fingerprint density at radius 3 is 2.52 bits per heavy atom. The molecule has 0 spiro atoms. The van der Waals surface area contributed by atoms with Crippen LogP contribution in [0.15, 0.2) is 24.3 Å². The number of hydrogen-bond acceptors (Lipinski definition) is 9. The largest absolute Gasteiger partial charge is 0.458 e. The van der Waals surface area contributed by atoms with Crippen LogP contribution in [0.2, 0.25) is 0 Å². The number of carbonyl (C=O) groups is 3. The van der Waals surface area contributed by atoms with E-state index in [1.165, 1.54) is 0 Å². The number of nitrogens with zero attached hydrogens (tertiary/aromatic N) is 2. The molecule has 5 fully saturated rings. The summed E-state index contributed by atoms with van der Waals surface area (Å²) >= 11 is 2.26. The maximum Gasteiger partial charge on any atom is 0.327 e. The highest BCUT2D eigenvalue weighted by atomic mass is 127. The van der Waals surface area contributed by atoms with E-state index in [-0.39, 0.29) is 37.9 Å². The van der Waals surface area contributed by atoms with Crippen LogP contribution in [-0.2, 0) is 40.0 Å². The zero-order chi connectivity index (χ0) is 32.5. The molecule has 2 N–H and O–H groups in total. The molecule has 2 bridgehead atoms. The molecule has 254 valence electrons. The summed E-state index contributed by atoms with van der Waals surface area (Å²) in [5.41, 5.74) is -0.367. The number of benzene rings is 1. The van der Waals surface area contributed by atoms with Gasteiger partial charge in [-0.15, -0.1) is 0 Å². The van der Waals surface area contributed by atoms with Gasteiger partial charge in [0.2, 0.25) is 11.8 Å². The molecule has 1 aliphatic carbocycles. The van der Waals surface area contributed by atoms with Crippen LogP contribution in [0.3, 0.4) is 0 Å². The van der Waals surface area contributed by atoms with Crippen molar-refractivity contribution in [3.05, 3.63) is 33.4 Å². The third-order valence-corrected chi connectivity index (χ3v) is 11.1. The lowest BCUT2D eigenvalue weighted by molar-refractivity contribution is -0.225. The first-order valence-electron chi connectivity index (χ1n) is 17.2. The summed E-state index contributed by atoms with van der Waals surface area (Å²) in [6.45, 7) is 4.95. The molecule has 5 aliphatic rings. The topological polar surface area (TPSA) is 127 Å². The molecule has 4 aliphatic heterocycles. The summed E-state index contributed by atoms with van der Waals surface area (Å²) < 4.78 is 21.0. The second-order valence-electron chi connectivity index (χ2n) is 13.5. The fourth-order valence-electron chi connectivity index (χ4n) is 8.34. The molecule has 0 unspecified atom stereocenters. The maximum absolute atomic E-state index is 15.0. The van der Waals surface area contributed by atoms with E-state index in [1.807, 2.05) is 24.3 Å². The van der Waals surface area contributed by atoms with Gasteiger partial charge in [-0.3, -0.25) is 19.2 Å². The van der Waals surface area contributed by atoms with E-state index in [2.05, 4.69) is 41.8 Å². The smallest absolute Gasteiger partial charge is 0.327 e. The average Bonchev–Trinajstić information content (AvgIpc) is 3.76. The Hall–Kier alpha value is -1.84. The Morgan fingerprint density at radius 1 is 1.09 bits per heavy atom. The lowest BCUT2D eigenvalue weighted by Crippen LogP contribution is -2.70. The quantitative estimate of drug-likeness (QED) is 0.166. The van der Waals surface area contributed by atoms with Gasteiger partial charge in [-0.1, -0.05) is 51.7 Å². The van der Waals surface area contributed by atoms with Crippen LogP contribution in [0.1, 0.15) is 90.0 Å². The van der Waals surface area contributed by atoms with E-state index >= 15 is 4.79 Å². The second-order valence-corrected chi connectivity index (χ2v) is 14.8. The molecule has 1 saturated carbocycles. The number of aliphatic hydroxyl groups excluding tert-OH is 1. The van der Waals surface area contributed by atoms with E-state index in [0.717, 1.165) is 60.5 Å². The first-order chi connectivity index (χ1) is 22.3. The Morgan fingerprint density at radius 2 is 1.83 bits per heavy atom. The van der Waals surface area contributed by atoms with E-state index in [9.17, 15) is 14.7 Å². The number of nitrogens with one attached hydrogen (secondary N) is 1. The molecule has 1 aromatic carbocycles. The predicted molar refractivity (Wildman–Crippen MR) is 176 cm³/mol. The SMILES string of the molecule is CCCCCC1(CCCCC)O[C@@H]2[C@H](O1)[C@H]1ON(Cc3cccc(I)c3)[C@H]3C(=O)O[C@@H]2C[C@@]13C(=O)N1CCC[C@@H]1C(=O)NCCO. The zero-order valence-electron chi connectivity index (χ0n) is 27.0. The number of hydrogen-bond donors (Lipinski definition) is 2. The summed E-state index contributed by atoms with van der Waals surface area (Å²) in [4.78, 5) is 50.7. The van der Waals surface area contributed by atoms with Gasteiger partial charge < -0.3 is 29.5 Å². The van der Waals surface area contributed by atoms with Crippen molar-refractivity contribution < 1.29 is 38.5 Å². The van der Waals surface area contributed by atoms with Crippen molar-refractivity contribution in [1.29, 1.82) is 0 Å². The fraction of sp³-hybridized carbons (Fsp3) is 0.735. The van der Waals surface area contributed by atoms with Gasteiger partial charge in [0.1, 0.15) is 35.9 Å². The molecule has 7 atom stereocenters. The number of likely N-dealkylation sites (tertiary alicyclic amines) is 1. The van der Waals surface area contributed by atoms with Crippen molar-refractivity contribution in [2.24, 2.45) is 5.41 Å². The number of hydroxylamine groups is 2. The number of fused-ring (bicyclic) bond motifs is 4. The van der Waals surface area contributed by atoms with Crippen molar-refractivity contribution in [2.45, 2.75) is 133 Å². The zero-order valence-corrected chi connectivity index (χ0v) is 29.1. The van der Waals surface area contributed by atoms with Crippen molar-refractivity contribution in [3.8, 4) is 0 Å². The molecule has 2 amide bonds. The van der Waals surface area contributed by atoms with Gasteiger partial charge in [0, 0.05) is 35.9 Å². The monoisotopic (exact) mass is 753 g/mol. The number of esters is 1. The highest BCUT2D eigenvalue weighted by Crippen LogP contribution is 2.59. The summed E-state index contributed by atoms with van der Waals surface area (Å²) in [5.74, 6) is -1.91. The first kappa shape index (κ1) is 34.0. The molecular formula is C34H48IN3O8. The lowest BCUT2D eigenvalue weighted by atomic mass is 9.62. The van der Waals surface area contributed by atoms with Crippen molar-refractivity contribution in [1.82, 2.24) is 15.3 Å². The van der Waals surface area contributed by atoms with Crippen LogP contribution in [-0.4, -0.2) is 94.8 Å². The Bertz CT molecular complexity index is 1270. The van der Waals surface area contributed by atoms with Crippen LogP contribution in [0.25, 0.3) is 0 Å². The number of unbranched alkanes of at least 4 members (excludes halogenated alkanes) is 4. The Kier molecular flexibility index (Phi) is 10.6.